The van der Waals surface area contributed by atoms with Gasteiger partial charge in [0.1, 0.15) is 22.5 Å². The molecule has 3 heteroatoms. The molecule has 2 aliphatic carbocycles. The molecule has 276 valence electrons. The van der Waals surface area contributed by atoms with E-state index >= 15 is 0 Å². The summed E-state index contributed by atoms with van der Waals surface area (Å²) < 4.78 is 13.0. The van der Waals surface area contributed by atoms with E-state index in [1.54, 1.807) is 0 Å². The minimum absolute atomic E-state index is 0.134. The van der Waals surface area contributed by atoms with Crippen LogP contribution in [0.25, 0.3) is 83.1 Å². The molecule has 2 heterocycles. The maximum absolute atomic E-state index is 6.53. The molecule has 0 fully saturated rings. The molecule has 0 bridgehead atoms. The minimum Gasteiger partial charge on any atom is -0.456 e. The van der Waals surface area contributed by atoms with E-state index < -0.39 is 0 Å². The minimum atomic E-state index is -0.134. The molecule has 0 N–H and O–H groups in total. The second kappa shape index (κ2) is 12.4. The summed E-state index contributed by atoms with van der Waals surface area (Å²) in [5.41, 5.74) is 17.1. The van der Waals surface area contributed by atoms with Crippen LogP contribution in [0.1, 0.15) is 42.7 Å². The highest BCUT2D eigenvalue weighted by Gasteiger charge is 2.38. The number of hydrogen-bond donors (Lipinski definition) is 0. The van der Waals surface area contributed by atoms with Crippen molar-refractivity contribution >= 4 is 66.8 Å². The summed E-state index contributed by atoms with van der Waals surface area (Å²) in [7, 11) is 0. The van der Waals surface area contributed by atoms with E-state index in [0.717, 1.165) is 85.4 Å². The Morgan fingerprint density at radius 3 is 2.09 bits per heavy atom. The Labute approximate surface area is 337 Å². The van der Waals surface area contributed by atoms with E-state index in [1.807, 2.05) is 0 Å². The third-order valence-corrected chi connectivity index (χ3v) is 12.7. The normalized spacial score (nSPS) is 14.0. The molecule has 58 heavy (non-hydrogen) atoms. The summed E-state index contributed by atoms with van der Waals surface area (Å²) in [6.45, 7) is 4.70. The summed E-state index contributed by atoms with van der Waals surface area (Å²) in [4.78, 5) is 2.47. The van der Waals surface area contributed by atoms with Crippen molar-refractivity contribution in [3.8, 4) is 33.4 Å². The largest absolute Gasteiger partial charge is 0.456 e. The van der Waals surface area contributed by atoms with Gasteiger partial charge < -0.3 is 13.7 Å². The zero-order chi connectivity index (χ0) is 38.5. The molecule has 0 saturated heterocycles. The van der Waals surface area contributed by atoms with Crippen molar-refractivity contribution in [1.82, 2.24) is 0 Å². The Kier molecular flexibility index (Phi) is 7.10. The second-order valence-electron chi connectivity index (χ2n) is 16.3. The van der Waals surface area contributed by atoms with Gasteiger partial charge in [0.25, 0.3) is 0 Å². The lowest BCUT2D eigenvalue weighted by Gasteiger charge is -2.30. The fraction of sp³-hybridized carbons (Fsp3) is 0.0909. The van der Waals surface area contributed by atoms with Gasteiger partial charge in [-0.1, -0.05) is 135 Å². The smallest absolute Gasteiger partial charge is 0.142 e. The Balaban J connectivity index is 1.06. The zero-order valence-corrected chi connectivity index (χ0v) is 32.4. The number of nitrogens with zero attached hydrogens (tertiary/aromatic N) is 1. The number of hydrogen-bond acceptors (Lipinski definition) is 3. The lowest BCUT2D eigenvalue weighted by Crippen LogP contribution is -2.16. The molecule has 10 aromatic rings. The summed E-state index contributed by atoms with van der Waals surface area (Å²) >= 11 is 0. The molecule has 3 nitrogen and oxygen atoms in total. The van der Waals surface area contributed by atoms with Crippen LogP contribution in [0.3, 0.4) is 0 Å². The van der Waals surface area contributed by atoms with Crippen molar-refractivity contribution in [3.63, 3.8) is 0 Å². The van der Waals surface area contributed by atoms with Crippen LogP contribution in [0.2, 0.25) is 0 Å². The van der Waals surface area contributed by atoms with Crippen molar-refractivity contribution in [2.24, 2.45) is 0 Å². The van der Waals surface area contributed by atoms with Crippen molar-refractivity contribution in [2.45, 2.75) is 32.1 Å². The number of aryl methyl sites for hydroxylation is 1. The van der Waals surface area contributed by atoms with Gasteiger partial charge in [0, 0.05) is 49.5 Å². The Morgan fingerprint density at radius 1 is 0.517 bits per heavy atom. The molecule has 0 radical (unpaired) electrons. The van der Waals surface area contributed by atoms with E-state index in [-0.39, 0.29) is 5.41 Å². The molecule has 8 aromatic carbocycles. The maximum atomic E-state index is 6.53. The molecular weight excluding hydrogens is 707 g/mol. The van der Waals surface area contributed by atoms with Gasteiger partial charge in [-0.15, -0.1) is 0 Å². The summed E-state index contributed by atoms with van der Waals surface area (Å²) in [6.07, 6.45) is 6.40. The van der Waals surface area contributed by atoms with Crippen LogP contribution in [0.15, 0.2) is 179 Å². The number of allylic oxidation sites excluding steroid dienone is 1. The summed E-state index contributed by atoms with van der Waals surface area (Å²) in [5.74, 6) is 0.990. The standard InChI is InChI=1S/C55H39NO2/c1-55(2)46-20-8-5-17-43(46)53-47(55)21-12-23-49(53)56(38-28-25-34(26-29-38)40-18-11-19-42-41-16-7-10-24-50(41)58-54(40)42)48-22-9-6-15-39(48)37-27-30-51-44(32-37)45-31-35-13-3-4-14-36(35)33-52(45)57-51/h3-6,8-15,17-33H,7,16H2,1-2H3. The fourth-order valence-electron chi connectivity index (χ4n) is 9.89. The van der Waals surface area contributed by atoms with Crippen LogP contribution in [0, 0.1) is 0 Å². The highest BCUT2D eigenvalue weighted by Crippen LogP contribution is 2.55. The van der Waals surface area contributed by atoms with Gasteiger partial charge in [-0.2, -0.15) is 0 Å². The topological polar surface area (TPSA) is 29.5 Å². The number of rotatable bonds is 5. The molecule has 0 amide bonds. The van der Waals surface area contributed by atoms with E-state index in [1.165, 1.54) is 44.0 Å². The molecule has 0 aliphatic heterocycles. The van der Waals surface area contributed by atoms with E-state index in [9.17, 15) is 0 Å². The first kappa shape index (κ1) is 33.1. The predicted octanol–water partition coefficient (Wildman–Crippen LogP) is 15.6. The van der Waals surface area contributed by atoms with Crippen molar-refractivity contribution < 1.29 is 8.83 Å². The molecule has 2 aliphatic rings. The van der Waals surface area contributed by atoms with Crippen molar-refractivity contribution in [2.75, 3.05) is 4.90 Å². The molecular formula is C55H39NO2. The molecule has 2 aromatic heterocycles. The number of benzene rings is 8. The first-order chi connectivity index (χ1) is 28.5. The number of anilines is 3. The Bertz CT molecular complexity index is 3320. The third kappa shape index (κ3) is 4.86. The number of para-hydroxylation sites is 2. The van der Waals surface area contributed by atoms with Gasteiger partial charge in [0.05, 0.1) is 11.4 Å². The fourth-order valence-corrected chi connectivity index (χ4v) is 9.89. The highest BCUT2D eigenvalue weighted by molar-refractivity contribution is 6.11. The van der Waals surface area contributed by atoms with Gasteiger partial charge in [-0.3, -0.25) is 0 Å². The van der Waals surface area contributed by atoms with E-state index in [4.69, 9.17) is 8.83 Å². The second-order valence-corrected chi connectivity index (χ2v) is 16.3. The number of fused-ring (bicyclic) bond motifs is 10. The average Bonchev–Trinajstić information content (AvgIpc) is 3.90. The lowest BCUT2D eigenvalue weighted by atomic mass is 9.82. The lowest BCUT2D eigenvalue weighted by molar-refractivity contribution is 0.596. The van der Waals surface area contributed by atoms with Crippen LogP contribution in [-0.2, 0) is 11.8 Å². The van der Waals surface area contributed by atoms with Gasteiger partial charge >= 0.3 is 0 Å². The van der Waals surface area contributed by atoms with Crippen molar-refractivity contribution in [3.05, 3.63) is 192 Å². The summed E-state index contributed by atoms with van der Waals surface area (Å²) in [6, 6.07) is 59.8. The molecule has 0 saturated carbocycles. The van der Waals surface area contributed by atoms with Gasteiger partial charge in [0.15, 0.2) is 0 Å². The number of furan rings is 2. The van der Waals surface area contributed by atoms with E-state index in [2.05, 4.69) is 195 Å². The van der Waals surface area contributed by atoms with Crippen LogP contribution < -0.4 is 4.90 Å². The summed E-state index contributed by atoms with van der Waals surface area (Å²) in [5, 5.41) is 5.85. The first-order valence-electron chi connectivity index (χ1n) is 20.3. The van der Waals surface area contributed by atoms with Gasteiger partial charge in [-0.05, 0) is 106 Å². The average molecular weight is 746 g/mol. The van der Waals surface area contributed by atoms with Gasteiger partial charge in [-0.25, -0.2) is 0 Å². The quantitative estimate of drug-likeness (QED) is 0.176. The maximum Gasteiger partial charge on any atom is 0.142 e. The Hall–Kier alpha value is -7.10. The molecule has 12 rings (SSSR count). The van der Waals surface area contributed by atoms with Gasteiger partial charge in [0.2, 0.25) is 0 Å². The van der Waals surface area contributed by atoms with Crippen LogP contribution in [0.5, 0.6) is 0 Å². The molecule has 0 atom stereocenters. The highest BCUT2D eigenvalue weighted by atomic mass is 16.3. The molecule has 0 unspecified atom stereocenters. The Morgan fingerprint density at radius 2 is 1.21 bits per heavy atom. The van der Waals surface area contributed by atoms with Crippen molar-refractivity contribution in [1.29, 1.82) is 0 Å². The third-order valence-electron chi connectivity index (χ3n) is 12.7. The SMILES string of the molecule is CC1(C)c2ccccc2-c2c(N(c3ccc(-c4cccc5c6c(oc45)C=CCC6)cc3)c3ccccc3-c3ccc4oc5cc6ccccc6cc5c4c3)cccc21. The molecule has 0 spiro atoms. The van der Waals surface area contributed by atoms with Crippen LogP contribution >= 0.6 is 0 Å². The van der Waals surface area contributed by atoms with Crippen LogP contribution in [-0.4, -0.2) is 0 Å². The zero-order valence-electron chi connectivity index (χ0n) is 32.4. The van der Waals surface area contributed by atoms with Crippen LogP contribution in [0.4, 0.5) is 17.1 Å². The first-order valence-corrected chi connectivity index (χ1v) is 20.3. The predicted molar refractivity (Wildman–Crippen MR) is 241 cm³/mol. The monoisotopic (exact) mass is 745 g/mol. The van der Waals surface area contributed by atoms with E-state index in [0.29, 0.717) is 0 Å².